The lowest BCUT2D eigenvalue weighted by atomic mass is 10.1. The van der Waals surface area contributed by atoms with Crippen LogP contribution in [0, 0.1) is 0 Å². The maximum Gasteiger partial charge on any atom is 0.446 e. The topological polar surface area (TPSA) is 58.6 Å². The van der Waals surface area contributed by atoms with E-state index in [1.54, 1.807) is 0 Å². The number of ether oxygens (including phenoxy) is 1. The third-order valence-electron chi connectivity index (χ3n) is 4.51. The van der Waals surface area contributed by atoms with Gasteiger partial charge < -0.3 is 4.74 Å². The summed E-state index contributed by atoms with van der Waals surface area (Å²) in [4.78, 5) is 2.02. The van der Waals surface area contributed by atoms with Crippen LogP contribution >= 0.6 is 11.8 Å². The molecule has 0 spiro atoms. The Morgan fingerprint density at radius 3 is 2.24 bits per heavy atom. The van der Waals surface area contributed by atoms with Crippen molar-refractivity contribution in [2.45, 2.75) is 21.3 Å². The highest BCUT2D eigenvalue weighted by atomic mass is 32.2. The molecule has 3 rings (SSSR count). The van der Waals surface area contributed by atoms with Crippen LogP contribution < -0.4 is 4.72 Å². The van der Waals surface area contributed by atoms with Gasteiger partial charge in [-0.15, -0.1) is 0 Å². The molecule has 1 N–H and O–H groups in total. The second-order valence-electron chi connectivity index (χ2n) is 6.45. The van der Waals surface area contributed by atoms with E-state index >= 15 is 0 Å². The average molecular weight is 447 g/mol. The highest BCUT2D eigenvalue weighted by Gasteiger charge is 2.29. The Bertz CT molecular complexity index is 885. The third-order valence-corrected chi connectivity index (χ3v) is 6.68. The second-order valence-corrected chi connectivity index (χ2v) is 9.35. The van der Waals surface area contributed by atoms with Gasteiger partial charge in [0, 0.05) is 30.6 Å². The van der Waals surface area contributed by atoms with Crippen molar-refractivity contribution in [3.8, 4) is 0 Å². The van der Waals surface area contributed by atoms with Crippen LogP contribution in [0.3, 0.4) is 0 Å². The molecular weight excluding hydrogens is 425 g/mol. The summed E-state index contributed by atoms with van der Waals surface area (Å²) in [6, 6.07) is 14.1. The normalized spacial score (nSPS) is 17.2. The Balaban J connectivity index is 1.72. The number of thioether (sulfide) groups is 1. The van der Waals surface area contributed by atoms with Gasteiger partial charge in [-0.3, -0.25) is 4.90 Å². The van der Waals surface area contributed by atoms with Crippen molar-refractivity contribution in [3.05, 3.63) is 60.2 Å². The van der Waals surface area contributed by atoms with Crippen molar-refractivity contribution in [3.63, 3.8) is 0 Å². The van der Waals surface area contributed by atoms with E-state index in [1.807, 2.05) is 30.3 Å². The van der Waals surface area contributed by atoms with Crippen molar-refractivity contribution in [2.24, 2.45) is 0 Å². The van der Waals surface area contributed by atoms with Gasteiger partial charge in [-0.05, 0) is 41.6 Å². The van der Waals surface area contributed by atoms with Crippen LogP contribution in [0.4, 0.5) is 13.2 Å². The van der Waals surface area contributed by atoms with Crippen LogP contribution in [0.5, 0.6) is 0 Å². The smallest absolute Gasteiger partial charge is 0.379 e. The Hall–Kier alpha value is -1.59. The predicted molar refractivity (Wildman–Crippen MR) is 105 cm³/mol. The monoisotopic (exact) mass is 446 g/mol. The molecular formula is C19H21F3N2O3S2. The molecule has 158 valence electrons. The maximum atomic E-state index is 12.7. The van der Waals surface area contributed by atoms with Crippen molar-refractivity contribution < 1.29 is 26.3 Å². The number of nitrogens with one attached hydrogen (secondary N) is 1. The molecule has 0 saturated carbocycles. The van der Waals surface area contributed by atoms with Crippen molar-refractivity contribution in [1.82, 2.24) is 9.62 Å². The molecule has 1 atom stereocenters. The van der Waals surface area contributed by atoms with E-state index in [-0.39, 0.29) is 34.1 Å². The van der Waals surface area contributed by atoms with E-state index in [4.69, 9.17) is 4.74 Å². The molecule has 1 fully saturated rings. The Morgan fingerprint density at radius 1 is 1.03 bits per heavy atom. The first-order valence-electron chi connectivity index (χ1n) is 8.97. The first-order valence-corrected chi connectivity index (χ1v) is 11.3. The first kappa shape index (κ1) is 22.1. The standard InChI is InChI=1S/C19H21F3N2O3S2/c20-19(21,22)28-16-6-8-17(9-7-16)29(25,26)23-14-18(15-4-2-1-3-5-15)24-10-12-27-13-11-24/h1-9,18,23H,10-14H2. The zero-order valence-corrected chi connectivity index (χ0v) is 17.1. The van der Waals surface area contributed by atoms with Crippen LogP contribution in [0.1, 0.15) is 11.6 Å². The Morgan fingerprint density at radius 2 is 1.66 bits per heavy atom. The number of hydrogen-bond donors (Lipinski definition) is 1. The number of nitrogens with zero attached hydrogens (tertiary/aromatic N) is 1. The van der Waals surface area contributed by atoms with Crippen LogP contribution in [0.25, 0.3) is 0 Å². The van der Waals surface area contributed by atoms with Gasteiger partial charge in [0.25, 0.3) is 0 Å². The first-order chi connectivity index (χ1) is 13.7. The van der Waals surface area contributed by atoms with Crippen molar-refractivity contribution in [1.29, 1.82) is 0 Å². The number of alkyl halides is 3. The van der Waals surface area contributed by atoms with E-state index < -0.39 is 15.5 Å². The van der Waals surface area contributed by atoms with Gasteiger partial charge in [0.05, 0.1) is 18.1 Å². The van der Waals surface area contributed by atoms with Crippen LogP contribution in [0.15, 0.2) is 64.4 Å². The summed E-state index contributed by atoms with van der Waals surface area (Å²) < 4.78 is 70.6. The quantitative estimate of drug-likeness (QED) is 0.658. The lowest BCUT2D eigenvalue weighted by molar-refractivity contribution is -0.0328. The molecule has 2 aromatic rings. The zero-order chi connectivity index (χ0) is 20.9. The fraction of sp³-hybridized carbons (Fsp3) is 0.368. The fourth-order valence-corrected chi connectivity index (χ4v) is 4.69. The van der Waals surface area contributed by atoms with Crippen LogP contribution in [-0.4, -0.2) is 51.7 Å². The van der Waals surface area contributed by atoms with Gasteiger partial charge in [0.15, 0.2) is 0 Å². The summed E-state index contributed by atoms with van der Waals surface area (Å²) >= 11 is -0.279. The molecule has 10 heteroatoms. The van der Waals surface area contributed by atoms with Crippen molar-refractivity contribution in [2.75, 3.05) is 32.8 Å². The summed E-state index contributed by atoms with van der Waals surface area (Å²) in [6.45, 7) is 2.67. The van der Waals surface area contributed by atoms with Crippen molar-refractivity contribution >= 4 is 21.8 Å². The molecule has 0 amide bonds. The molecule has 1 unspecified atom stereocenters. The van der Waals surface area contributed by atoms with E-state index in [0.717, 1.165) is 17.7 Å². The van der Waals surface area contributed by atoms with E-state index in [2.05, 4.69) is 9.62 Å². The fourth-order valence-electron chi connectivity index (χ4n) is 3.11. The summed E-state index contributed by atoms with van der Waals surface area (Å²) in [7, 11) is -3.86. The van der Waals surface area contributed by atoms with Gasteiger partial charge in [0.2, 0.25) is 10.0 Å². The number of hydrogen-bond acceptors (Lipinski definition) is 5. The lowest BCUT2D eigenvalue weighted by Crippen LogP contribution is -2.43. The molecule has 1 heterocycles. The number of benzene rings is 2. The maximum absolute atomic E-state index is 12.7. The van der Waals surface area contributed by atoms with E-state index in [1.165, 1.54) is 12.1 Å². The summed E-state index contributed by atoms with van der Waals surface area (Å²) in [5.41, 5.74) is -3.44. The van der Waals surface area contributed by atoms with Crippen LogP contribution in [0.2, 0.25) is 0 Å². The van der Waals surface area contributed by atoms with Gasteiger partial charge >= 0.3 is 5.51 Å². The highest BCUT2D eigenvalue weighted by Crippen LogP contribution is 2.37. The zero-order valence-electron chi connectivity index (χ0n) is 15.4. The van der Waals surface area contributed by atoms with Gasteiger partial charge in [-0.2, -0.15) is 13.2 Å². The Labute approximate surface area is 172 Å². The van der Waals surface area contributed by atoms with Gasteiger partial charge in [0.1, 0.15) is 0 Å². The number of rotatable bonds is 7. The molecule has 5 nitrogen and oxygen atoms in total. The highest BCUT2D eigenvalue weighted by molar-refractivity contribution is 8.00. The SMILES string of the molecule is O=S(=O)(NCC(c1ccccc1)N1CCOCC1)c1ccc(SC(F)(F)F)cc1. The molecule has 2 aromatic carbocycles. The minimum atomic E-state index is -4.42. The molecule has 0 bridgehead atoms. The average Bonchev–Trinajstić information content (AvgIpc) is 2.69. The Kier molecular flexibility index (Phi) is 7.23. The molecule has 1 aliphatic rings. The lowest BCUT2D eigenvalue weighted by Gasteiger charge is -2.34. The summed E-state index contributed by atoms with van der Waals surface area (Å²) in [6.07, 6.45) is 0. The van der Waals surface area contributed by atoms with E-state index in [9.17, 15) is 21.6 Å². The second kappa shape index (κ2) is 9.48. The third kappa shape index (κ3) is 6.45. The minimum absolute atomic E-state index is 0.0630. The summed E-state index contributed by atoms with van der Waals surface area (Å²) in [5.74, 6) is 0. The van der Waals surface area contributed by atoms with Crippen LogP contribution in [-0.2, 0) is 14.8 Å². The van der Waals surface area contributed by atoms with E-state index in [0.29, 0.717) is 26.3 Å². The molecule has 0 radical (unpaired) electrons. The molecule has 0 aromatic heterocycles. The van der Waals surface area contributed by atoms with Gasteiger partial charge in [-0.1, -0.05) is 30.3 Å². The minimum Gasteiger partial charge on any atom is -0.379 e. The molecule has 0 aliphatic carbocycles. The predicted octanol–water partition coefficient (Wildman–Crippen LogP) is 3.65. The number of morpholine rings is 1. The largest absolute Gasteiger partial charge is 0.446 e. The number of sulfonamides is 1. The number of halogens is 3. The molecule has 1 saturated heterocycles. The molecule has 29 heavy (non-hydrogen) atoms. The summed E-state index contributed by atoms with van der Waals surface area (Å²) in [5, 5.41) is 0. The molecule has 1 aliphatic heterocycles. The van der Waals surface area contributed by atoms with Gasteiger partial charge in [-0.25, -0.2) is 13.1 Å².